The maximum atomic E-state index is 11.2. The molecule has 0 fully saturated rings. The number of nitrogens with zero attached hydrogens (tertiary/aromatic N) is 1. The van der Waals surface area contributed by atoms with Crippen LogP contribution >= 0.6 is 22.6 Å². The molecule has 1 aromatic heterocycles. The van der Waals surface area contributed by atoms with E-state index >= 15 is 0 Å². The van der Waals surface area contributed by atoms with Crippen LogP contribution < -0.4 is 10.3 Å². The monoisotopic (exact) mass is 280 g/mol. The molecule has 0 spiro atoms. The Morgan fingerprint density at radius 1 is 1.67 bits per heavy atom. The van der Waals surface area contributed by atoms with Crippen molar-refractivity contribution in [3.63, 3.8) is 0 Å². The largest absolute Gasteiger partial charge is 0.465 e. The van der Waals surface area contributed by atoms with Gasteiger partial charge >= 0.3 is 0 Å². The van der Waals surface area contributed by atoms with Crippen molar-refractivity contribution in [3.8, 4) is 6.01 Å². The van der Waals surface area contributed by atoms with Crippen LogP contribution in [0.2, 0.25) is 0 Å². The van der Waals surface area contributed by atoms with Crippen LogP contribution in [0.25, 0.3) is 0 Å². The lowest BCUT2D eigenvalue weighted by atomic mass is 10.5. The highest BCUT2D eigenvalue weighted by Gasteiger charge is 2.04. The highest BCUT2D eigenvalue weighted by molar-refractivity contribution is 14.1. The number of rotatable bonds is 2. The van der Waals surface area contributed by atoms with Crippen LogP contribution in [0, 0.1) is 10.5 Å². The Morgan fingerprint density at radius 3 is 2.83 bits per heavy atom. The first-order valence-electron chi connectivity index (χ1n) is 3.54. The lowest BCUT2D eigenvalue weighted by molar-refractivity contribution is 0.310. The summed E-state index contributed by atoms with van der Waals surface area (Å²) in [6.07, 6.45) is 0. The van der Waals surface area contributed by atoms with E-state index in [0.29, 0.717) is 21.9 Å². The summed E-state index contributed by atoms with van der Waals surface area (Å²) in [6, 6.07) is 0.292. The topological polar surface area (TPSA) is 55.0 Å². The molecule has 66 valence electrons. The Bertz CT molecular complexity index is 335. The molecule has 0 aliphatic heterocycles. The fourth-order valence-electron chi connectivity index (χ4n) is 0.751. The fraction of sp³-hybridized carbons (Fsp3) is 0.429. The van der Waals surface area contributed by atoms with Gasteiger partial charge in [0.1, 0.15) is 0 Å². The Morgan fingerprint density at radius 2 is 2.33 bits per heavy atom. The second-order valence-electron chi connectivity index (χ2n) is 2.20. The Kier molecular flexibility index (Phi) is 3.07. The summed E-state index contributed by atoms with van der Waals surface area (Å²) in [5.41, 5.74) is 0.550. The van der Waals surface area contributed by atoms with Gasteiger partial charge in [-0.25, -0.2) is 4.98 Å². The van der Waals surface area contributed by atoms with Crippen LogP contribution in [0.15, 0.2) is 4.79 Å². The van der Waals surface area contributed by atoms with Gasteiger partial charge in [-0.05, 0) is 36.4 Å². The number of hydrogen-bond donors (Lipinski definition) is 1. The lowest BCUT2D eigenvalue weighted by Gasteiger charge is -2.02. The normalized spacial score (nSPS) is 9.92. The van der Waals surface area contributed by atoms with E-state index in [-0.39, 0.29) is 5.56 Å². The number of halogens is 1. The first-order chi connectivity index (χ1) is 5.65. The van der Waals surface area contributed by atoms with Crippen molar-refractivity contribution >= 4 is 22.6 Å². The molecule has 12 heavy (non-hydrogen) atoms. The van der Waals surface area contributed by atoms with Crippen LogP contribution in [0.1, 0.15) is 12.6 Å². The Labute approximate surface area is 83.5 Å². The van der Waals surface area contributed by atoms with Gasteiger partial charge in [-0.2, -0.15) is 0 Å². The van der Waals surface area contributed by atoms with Gasteiger partial charge in [-0.3, -0.25) is 9.78 Å². The van der Waals surface area contributed by atoms with Gasteiger partial charge in [0.2, 0.25) is 0 Å². The van der Waals surface area contributed by atoms with E-state index in [4.69, 9.17) is 4.74 Å². The average Bonchev–Trinajstić information content (AvgIpc) is 2.01. The zero-order valence-corrected chi connectivity index (χ0v) is 9.01. The van der Waals surface area contributed by atoms with Gasteiger partial charge in [0.25, 0.3) is 11.6 Å². The summed E-state index contributed by atoms with van der Waals surface area (Å²) in [4.78, 5) is 17.7. The maximum absolute atomic E-state index is 11.2. The molecule has 1 heterocycles. The molecule has 0 atom stereocenters. The van der Waals surface area contributed by atoms with Crippen LogP contribution in [0.5, 0.6) is 6.01 Å². The number of aromatic amines is 1. The molecule has 0 aromatic carbocycles. The zero-order chi connectivity index (χ0) is 9.14. The van der Waals surface area contributed by atoms with Gasteiger partial charge < -0.3 is 4.74 Å². The van der Waals surface area contributed by atoms with E-state index in [2.05, 4.69) is 9.97 Å². The predicted octanol–water partition coefficient (Wildman–Crippen LogP) is 1.08. The summed E-state index contributed by atoms with van der Waals surface area (Å²) < 4.78 is 5.66. The molecule has 0 aliphatic rings. The van der Waals surface area contributed by atoms with Gasteiger partial charge in [0.05, 0.1) is 15.9 Å². The summed E-state index contributed by atoms with van der Waals surface area (Å²) in [6.45, 7) is 4.12. The number of aromatic nitrogens is 2. The molecular weight excluding hydrogens is 271 g/mol. The summed E-state index contributed by atoms with van der Waals surface area (Å²) in [5, 5.41) is 0. The van der Waals surface area contributed by atoms with Crippen LogP contribution in [-0.4, -0.2) is 16.6 Å². The van der Waals surface area contributed by atoms with E-state index in [9.17, 15) is 4.79 Å². The third-order valence-corrected chi connectivity index (χ3v) is 2.56. The van der Waals surface area contributed by atoms with Crippen molar-refractivity contribution in [3.05, 3.63) is 19.6 Å². The summed E-state index contributed by atoms with van der Waals surface area (Å²) in [7, 11) is 0. The smallest absolute Gasteiger partial charge is 0.296 e. The first kappa shape index (κ1) is 9.50. The van der Waals surface area contributed by atoms with Crippen LogP contribution in [0.3, 0.4) is 0 Å². The number of ether oxygens (including phenoxy) is 1. The van der Waals surface area contributed by atoms with E-state index in [1.807, 2.05) is 29.5 Å². The number of hydrogen-bond acceptors (Lipinski definition) is 3. The van der Waals surface area contributed by atoms with Crippen molar-refractivity contribution in [2.75, 3.05) is 6.61 Å². The molecule has 1 aromatic rings. The molecule has 1 N–H and O–H groups in total. The molecule has 0 radical (unpaired) electrons. The maximum Gasteiger partial charge on any atom is 0.296 e. The minimum Gasteiger partial charge on any atom is -0.465 e. The second-order valence-corrected chi connectivity index (χ2v) is 3.28. The fourth-order valence-corrected chi connectivity index (χ4v) is 1.01. The van der Waals surface area contributed by atoms with Crippen molar-refractivity contribution in [2.24, 2.45) is 0 Å². The van der Waals surface area contributed by atoms with Gasteiger partial charge in [-0.1, -0.05) is 0 Å². The molecule has 4 nitrogen and oxygen atoms in total. The summed E-state index contributed by atoms with van der Waals surface area (Å²) in [5.74, 6) is 0. The first-order valence-corrected chi connectivity index (χ1v) is 4.62. The molecule has 0 saturated carbocycles. The van der Waals surface area contributed by atoms with Crippen molar-refractivity contribution in [2.45, 2.75) is 13.8 Å². The van der Waals surface area contributed by atoms with Crippen LogP contribution in [0.4, 0.5) is 0 Å². The Hall–Kier alpha value is -0.590. The number of nitrogens with one attached hydrogen (secondary N) is 1. The molecule has 0 amide bonds. The Balaban J connectivity index is 3.13. The number of H-pyrrole nitrogens is 1. The van der Waals surface area contributed by atoms with Gasteiger partial charge in [0.15, 0.2) is 0 Å². The molecule has 1 rings (SSSR count). The van der Waals surface area contributed by atoms with Crippen molar-refractivity contribution in [1.82, 2.24) is 9.97 Å². The standard InChI is InChI=1S/C7H9IN2O2/c1-3-12-7-9-4(2)5(8)6(11)10-7/h3H2,1-2H3,(H,9,10,11). The van der Waals surface area contributed by atoms with Crippen molar-refractivity contribution in [1.29, 1.82) is 0 Å². The van der Waals surface area contributed by atoms with E-state index in [1.54, 1.807) is 6.92 Å². The number of aryl methyl sites for hydroxylation is 1. The van der Waals surface area contributed by atoms with Gasteiger partial charge in [-0.15, -0.1) is 0 Å². The minimum atomic E-state index is -0.147. The minimum absolute atomic E-state index is 0.147. The van der Waals surface area contributed by atoms with Crippen molar-refractivity contribution < 1.29 is 4.74 Å². The third kappa shape index (κ3) is 1.96. The quantitative estimate of drug-likeness (QED) is 0.825. The lowest BCUT2D eigenvalue weighted by Crippen LogP contribution is -2.15. The molecule has 5 heteroatoms. The molecule has 0 bridgehead atoms. The van der Waals surface area contributed by atoms with E-state index < -0.39 is 0 Å². The van der Waals surface area contributed by atoms with Crippen LogP contribution in [-0.2, 0) is 0 Å². The molecule has 0 aliphatic carbocycles. The predicted molar refractivity (Wildman–Crippen MR) is 53.5 cm³/mol. The third-order valence-electron chi connectivity index (χ3n) is 1.29. The highest BCUT2D eigenvalue weighted by atomic mass is 127. The molecule has 0 saturated heterocycles. The molecular formula is C7H9IN2O2. The van der Waals surface area contributed by atoms with Gasteiger partial charge in [0, 0.05) is 0 Å². The zero-order valence-electron chi connectivity index (χ0n) is 6.85. The highest BCUT2D eigenvalue weighted by Crippen LogP contribution is 2.05. The SMILES string of the molecule is CCOc1nc(C)c(I)c(=O)[nH]1. The van der Waals surface area contributed by atoms with E-state index in [0.717, 1.165) is 0 Å². The average molecular weight is 280 g/mol. The molecule has 0 unspecified atom stereocenters. The summed E-state index contributed by atoms with van der Waals surface area (Å²) >= 11 is 1.95. The second kappa shape index (κ2) is 3.88. The van der Waals surface area contributed by atoms with E-state index in [1.165, 1.54) is 0 Å².